The van der Waals surface area contributed by atoms with E-state index in [9.17, 15) is 4.79 Å². The molecule has 3 heteroatoms. The first-order valence-corrected chi connectivity index (χ1v) is 7.29. The minimum Gasteiger partial charge on any atom is -0.326 e. The van der Waals surface area contributed by atoms with Crippen molar-refractivity contribution in [1.29, 1.82) is 0 Å². The molecule has 1 atom stereocenters. The van der Waals surface area contributed by atoms with Gasteiger partial charge >= 0.3 is 0 Å². The predicted molar refractivity (Wildman–Crippen MR) is 81.1 cm³/mol. The Kier molecular flexibility index (Phi) is 7.19. The van der Waals surface area contributed by atoms with E-state index < -0.39 is 0 Å². The molecule has 1 aromatic carbocycles. The lowest BCUT2D eigenvalue weighted by Crippen LogP contribution is -2.12. The third-order valence-electron chi connectivity index (χ3n) is 3.20. The normalized spacial score (nSPS) is 12.2. The summed E-state index contributed by atoms with van der Waals surface area (Å²) in [5, 5.41) is 2.93. The minimum atomic E-state index is -0.00843. The third-order valence-corrected chi connectivity index (χ3v) is 3.20. The van der Waals surface area contributed by atoms with Gasteiger partial charge in [0.2, 0.25) is 5.91 Å². The van der Waals surface area contributed by atoms with Crippen molar-refractivity contribution in [3.05, 3.63) is 29.8 Å². The summed E-state index contributed by atoms with van der Waals surface area (Å²) in [6.07, 6.45) is 6.43. The zero-order valence-corrected chi connectivity index (χ0v) is 12.1. The zero-order valence-electron chi connectivity index (χ0n) is 12.1. The summed E-state index contributed by atoms with van der Waals surface area (Å²) in [7, 11) is 0. The summed E-state index contributed by atoms with van der Waals surface area (Å²) in [6.45, 7) is 4.13. The fourth-order valence-electron chi connectivity index (χ4n) is 2.01. The Hall–Kier alpha value is -1.35. The van der Waals surface area contributed by atoms with Gasteiger partial charge in [-0.15, -0.1) is 0 Å². The maximum Gasteiger partial charge on any atom is 0.224 e. The number of carbonyl (C=O) groups is 1. The first-order valence-electron chi connectivity index (χ1n) is 7.29. The lowest BCUT2D eigenvalue weighted by Gasteiger charge is -2.09. The highest BCUT2D eigenvalue weighted by molar-refractivity contribution is 5.90. The number of hydrogen-bond acceptors (Lipinski definition) is 2. The topological polar surface area (TPSA) is 55.1 Å². The third kappa shape index (κ3) is 6.39. The molecule has 0 heterocycles. The van der Waals surface area contributed by atoms with Crippen LogP contribution in [0.2, 0.25) is 0 Å². The molecule has 1 aromatic rings. The van der Waals surface area contributed by atoms with Gasteiger partial charge in [0.15, 0.2) is 0 Å². The molecule has 0 aromatic heterocycles. The predicted octanol–water partition coefficient (Wildman–Crippen LogP) is 4.01. The van der Waals surface area contributed by atoms with Crippen molar-refractivity contribution in [3.8, 4) is 0 Å². The number of nitrogens with one attached hydrogen (secondary N) is 1. The number of benzene rings is 1. The standard InChI is InChI=1S/C16H26N2O/c1-3-4-5-6-7-11-16(19)18-15-10-8-9-14(12-15)13(2)17/h8-10,12-13H,3-7,11,17H2,1-2H3,(H,18,19). The second kappa shape index (κ2) is 8.70. The van der Waals surface area contributed by atoms with Gasteiger partial charge < -0.3 is 11.1 Å². The fourth-order valence-corrected chi connectivity index (χ4v) is 2.01. The molecule has 3 N–H and O–H groups in total. The first kappa shape index (κ1) is 15.7. The number of amides is 1. The van der Waals surface area contributed by atoms with Crippen LogP contribution in [0.25, 0.3) is 0 Å². The van der Waals surface area contributed by atoms with Crippen LogP contribution in [0.4, 0.5) is 5.69 Å². The lowest BCUT2D eigenvalue weighted by atomic mass is 10.1. The molecule has 0 fully saturated rings. The van der Waals surface area contributed by atoms with Gasteiger partial charge in [0.25, 0.3) is 0 Å². The highest BCUT2D eigenvalue weighted by atomic mass is 16.1. The van der Waals surface area contributed by atoms with Crippen molar-refractivity contribution < 1.29 is 4.79 Å². The molecule has 1 amide bonds. The largest absolute Gasteiger partial charge is 0.326 e. The molecule has 0 aliphatic carbocycles. The Morgan fingerprint density at radius 3 is 2.68 bits per heavy atom. The summed E-state index contributed by atoms with van der Waals surface area (Å²) in [5.74, 6) is 0.0957. The van der Waals surface area contributed by atoms with Crippen LogP contribution in [0.3, 0.4) is 0 Å². The molecule has 1 rings (SSSR count). The van der Waals surface area contributed by atoms with Crippen LogP contribution in [-0.2, 0) is 4.79 Å². The van der Waals surface area contributed by atoms with E-state index in [-0.39, 0.29) is 11.9 Å². The monoisotopic (exact) mass is 262 g/mol. The summed E-state index contributed by atoms with van der Waals surface area (Å²) in [4.78, 5) is 11.8. The number of carbonyl (C=O) groups excluding carboxylic acids is 1. The van der Waals surface area contributed by atoms with Gasteiger partial charge in [-0.25, -0.2) is 0 Å². The number of anilines is 1. The van der Waals surface area contributed by atoms with Crippen molar-refractivity contribution in [3.63, 3.8) is 0 Å². The molecule has 106 valence electrons. The van der Waals surface area contributed by atoms with Gasteiger partial charge in [0.1, 0.15) is 0 Å². The van der Waals surface area contributed by atoms with Crippen molar-refractivity contribution in [2.75, 3.05) is 5.32 Å². The van der Waals surface area contributed by atoms with E-state index in [1.165, 1.54) is 19.3 Å². The van der Waals surface area contributed by atoms with E-state index in [0.29, 0.717) is 6.42 Å². The van der Waals surface area contributed by atoms with Gasteiger partial charge in [0, 0.05) is 18.2 Å². The van der Waals surface area contributed by atoms with Crippen LogP contribution < -0.4 is 11.1 Å². The molecular weight excluding hydrogens is 236 g/mol. The molecule has 0 saturated carbocycles. The first-order chi connectivity index (χ1) is 9.13. The quantitative estimate of drug-likeness (QED) is 0.696. The van der Waals surface area contributed by atoms with E-state index in [2.05, 4.69) is 12.2 Å². The fraction of sp³-hybridized carbons (Fsp3) is 0.562. The van der Waals surface area contributed by atoms with E-state index in [1.54, 1.807) is 0 Å². The van der Waals surface area contributed by atoms with E-state index in [1.807, 2.05) is 31.2 Å². The molecule has 0 bridgehead atoms. The van der Waals surface area contributed by atoms with Gasteiger partial charge in [-0.3, -0.25) is 4.79 Å². The van der Waals surface area contributed by atoms with Crippen LogP contribution in [0.15, 0.2) is 24.3 Å². The van der Waals surface area contributed by atoms with E-state index in [0.717, 1.165) is 24.1 Å². The summed E-state index contributed by atoms with van der Waals surface area (Å²) >= 11 is 0. The Morgan fingerprint density at radius 2 is 2.00 bits per heavy atom. The highest BCUT2D eigenvalue weighted by Gasteiger charge is 2.04. The van der Waals surface area contributed by atoms with Crippen LogP contribution in [0, 0.1) is 0 Å². The molecule has 1 unspecified atom stereocenters. The Balaban J connectivity index is 2.33. The second-order valence-corrected chi connectivity index (χ2v) is 5.13. The maximum absolute atomic E-state index is 11.8. The number of rotatable bonds is 8. The molecule has 3 nitrogen and oxygen atoms in total. The smallest absolute Gasteiger partial charge is 0.224 e. The molecule has 0 saturated heterocycles. The second-order valence-electron chi connectivity index (χ2n) is 5.13. The SMILES string of the molecule is CCCCCCCC(=O)Nc1cccc(C(C)N)c1. The summed E-state index contributed by atoms with van der Waals surface area (Å²) < 4.78 is 0. The van der Waals surface area contributed by atoms with Crippen molar-refractivity contribution in [1.82, 2.24) is 0 Å². The van der Waals surface area contributed by atoms with Gasteiger partial charge in [0.05, 0.1) is 0 Å². The van der Waals surface area contributed by atoms with E-state index in [4.69, 9.17) is 5.73 Å². The van der Waals surface area contributed by atoms with E-state index >= 15 is 0 Å². The van der Waals surface area contributed by atoms with Crippen LogP contribution >= 0.6 is 0 Å². The molecule has 0 spiro atoms. The van der Waals surface area contributed by atoms with Crippen LogP contribution in [0.5, 0.6) is 0 Å². The average molecular weight is 262 g/mol. The minimum absolute atomic E-state index is 0.00843. The Labute approximate surface area is 116 Å². The van der Waals surface area contributed by atoms with Crippen molar-refractivity contribution in [2.45, 2.75) is 58.4 Å². The zero-order chi connectivity index (χ0) is 14.1. The highest BCUT2D eigenvalue weighted by Crippen LogP contribution is 2.16. The number of hydrogen-bond donors (Lipinski definition) is 2. The summed E-state index contributed by atoms with van der Waals surface area (Å²) in [5.41, 5.74) is 7.71. The molecule has 0 aliphatic heterocycles. The van der Waals surface area contributed by atoms with Gasteiger partial charge in [-0.1, -0.05) is 44.7 Å². The average Bonchev–Trinajstić information content (AvgIpc) is 2.38. The van der Waals surface area contributed by atoms with Crippen molar-refractivity contribution in [2.24, 2.45) is 5.73 Å². The molecule has 19 heavy (non-hydrogen) atoms. The van der Waals surface area contributed by atoms with Crippen molar-refractivity contribution >= 4 is 11.6 Å². The number of nitrogens with two attached hydrogens (primary N) is 1. The van der Waals surface area contributed by atoms with Gasteiger partial charge in [-0.2, -0.15) is 0 Å². The lowest BCUT2D eigenvalue weighted by molar-refractivity contribution is -0.116. The van der Waals surface area contributed by atoms with Gasteiger partial charge in [-0.05, 0) is 31.0 Å². The molecule has 0 radical (unpaired) electrons. The number of unbranched alkanes of at least 4 members (excludes halogenated alkanes) is 4. The summed E-state index contributed by atoms with van der Waals surface area (Å²) in [6, 6.07) is 7.74. The maximum atomic E-state index is 11.8. The molecule has 0 aliphatic rings. The Bertz CT molecular complexity index is 388. The Morgan fingerprint density at radius 1 is 1.26 bits per heavy atom. The molecular formula is C16H26N2O. The van der Waals surface area contributed by atoms with Crippen LogP contribution in [-0.4, -0.2) is 5.91 Å². The van der Waals surface area contributed by atoms with Crippen LogP contribution in [0.1, 0.15) is 64.0 Å².